The second-order valence-electron chi connectivity index (χ2n) is 3.49. The van der Waals surface area contributed by atoms with Crippen molar-refractivity contribution < 1.29 is 0 Å². The van der Waals surface area contributed by atoms with Gasteiger partial charge in [-0.3, -0.25) is 11.3 Å². The van der Waals surface area contributed by atoms with Gasteiger partial charge in [0.05, 0.1) is 6.04 Å². The molecule has 3 heteroatoms. The largest absolute Gasteiger partial charge is 0.271 e. The van der Waals surface area contributed by atoms with E-state index in [0.29, 0.717) is 0 Å². The molecule has 0 radical (unpaired) electrons. The SMILES string of the molecule is C=C(CC)CC(NN)c1sccc1C. The second-order valence-corrected chi connectivity index (χ2v) is 4.44. The number of hydrazine groups is 1. The Morgan fingerprint density at radius 2 is 2.43 bits per heavy atom. The molecule has 0 aliphatic carbocycles. The van der Waals surface area contributed by atoms with E-state index in [0.717, 1.165) is 12.8 Å². The van der Waals surface area contributed by atoms with Crippen molar-refractivity contribution in [3.8, 4) is 0 Å². The molecule has 0 aliphatic heterocycles. The Morgan fingerprint density at radius 1 is 1.71 bits per heavy atom. The van der Waals surface area contributed by atoms with E-state index in [1.807, 2.05) is 0 Å². The van der Waals surface area contributed by atoms with Gasteiger partial charge in [-0.05, 0) is 36.8 Å². The minimum atomic E-state index is 0.224. The summed E-state index contributed by atoms with van der Waals surface area (Å²) in [6, 6.07) is 2.35. The molecule has 1 rings (SSSR count). The highest BCUT2D eigenvalue weighted by molar-refractivity contribution is 7.10. The lowest BCUT2D eigenvalue weighted by molar-refractivity contribution is 0.551. The number of aryl methyl sites for hydroxylation is 1. The minimum Gasteiger partial charge on any atom is -0.271 e. The number of nitrogens with one attached hydrogen (secondary N) is 1. The second kappa shape index (κ2) is 5.29. The Labute approximate surface area is 89.8 Å². The molecule has 1 unspecified atom stereocenters. The molecular formula is C11H18N2S. The third-order valence-electron chi connectivity index (χ3n) is 2.41. The Hall–Kier alpha value is -0.640. The van der Waals surface area contributed by atoms with Crippen LogP contribution in [0.25, 0.3) is 0 Å². The summed E-state index contributed by atoms with van der Waals surface area (Å²) in [6.07, 6.45) is 1.94. The fourth-order valence-corrected chi connectivity index (χ4v) is 2.39. The van der Waals surface area contributed by atoms with Gasteiger partial charge >= 0.3 is 0 Å². The molecule has 2 nitrogen and oxygen atoms in total. The molecule has 0 aliphatic rings. The first-order valence-electron chi connectivity index (χ1n) is 4.85. The van der Waals surface area contributed by atoms with E-state index >= 15 is 0 Å². The van der Waals surface area contributed by atoms with Crippen LogP contribution in [0.15, 0.2) is 23.6 Å². The van der Waals surface area contributed by atoms with E-state index in [-0.39, 0.29) is 6.04 Å². The molecule has 0 aromatic carbocycles. The van der Waals surface area contributed by atoms with Gasteiger partial charge in [0.1, 0.15) is 0 Å². The Morgan fingerprint density at radius 3 is 2.86 bits per heavy atom. The summed E-state index contributed by atoms with van der Waals surface area (Å²) >= 11 is 1.75. The van der Waals surface area contributed by atoms with Crippen LogP contribution in [0.5, 0.6) is 0 Å². The van der Waals surface area contributed by atoms with Crippen LogP contribution in [0.4, 0.5) is 0 Å². The number of rotatable bonds is 5. The molecule has 14 heavy (non-hydrogen) atoms. The topological polar surface area (TPSA) is 38.0 Å². The predicted octanol–water partition coefficient (Wildman–Crippen LogP) is 2.92. The molecule has 0 saturated heterocycles. The van der Waals surface area contributed by atoms with E-state index in [9.17, 15) is 0 Å². The van der Waals surface area contributed by atoms with E-state index in [1.54, 1.807) is 11.3 Å². The Balaban J connectivity index is 2.72. The molecule has 3 N–H and O–H groups in total. The van der Waals surface area contributed by atoms with Crippen LogP contribution in [-0.4, -0.2) is 0 Å². The average Bonchev–Trinajstić information content (AvgIpc) is 2.60. The molecular weight excluding hydrogens is 192 g/mol. The van der Waals surface area contributed by atoms with Crippen molar-refractivity contribution in [1.29, 1.82) is 0 Å². The fraction of sp³-hybridized carbons (Fsp3) is 0.455. The number of thiophene rings is 1. The summed E-state index contributed by atoms with van der Waals surface area (Å²) in [7, 11) is 0. The van der Waals surface area contributed by atoms with Gasteiger partial charge in [0.25, 0.3) is 0 Å². The predicted molar refractivity (Wildman–Crippen MR) is 63.2 cm³/mol. The molecule has 1 aromatic heterocycles. The van der Waals surface area contributed by atoms with Crippen LogP contribution in [0.2, 0.25) is 0 Å². The lowest BCUT2D eigenvalue weighted by atomic mass is 10.0. The van der Waals surface area contributed by atoms with Gasteiger partial charge in [-0.25, -0.2) is 0 Å². The van der Waals surface area contributed by atoms with E-state index in [4.69, 9.17) is 5.84 Å². The van der Waals surface area contributed by atoms with Gasteiger partial charge in [-0.2, -0.15) is 0 Å². The average molecular weight is 210 g/mol. The normalized spacial score (nSPS) is 12.8. The van der Waals surface area contributed by atoms with Crippen LogP contribution in [-0.2, 0) is 0 Å². The highest BCUT2D eigenvalue weighted by atomic mass is 32.1. The van der Waals surface area contributed by atoms with Gasteiger partial charge in [0.2, 0.25) is 0 Å². The Bertz CT molecular complexity index is 304. The van der Waals surface area contributed by atoms with Crippen LogP contribution >= 0.6 is 11.3 Å². The van der Waals surface area contributed by atoms with Crippen LogP contribution < -0.4 is 11.3 Å². The van der Waals surface area contributed by atoms with Gasteiger partial charge in [-0.15, -0.1) is 11.3 Å². The highest BCUT2D eigenvalue weighted by Crippen LogP contribution is 2.28. The number of hydrogen-bond acceptors (Lipinski definition) is 3. The summed E-state index contributed by atoms with van der Waals surface area (Å²) in [6.45, 7) is 8.25. The zero-order valence-electron chi connectivity index (χ0n) is 8.84. The highest BCUT2D eigenvalue weighted by Gasteiger charge is 2.13. The quantitative estimate of drug-likeness (QED) is 0.445. The van der Waals surface area contributed by atoms with Crippen molar-refractivity contribution in [1.82, 2.24) is 5.43 Å². The standard InChI is InChI=1S/C11H18N2S/c1-4-8(2)7-10(13-12)11-9(3)5-6-14-11/h5-6,10,13H,2,4,7,12H2,1,3H3. The van der Waals surface area contributed by atoms with Crippen molar-refractivity contribution in [2.45, 2.75) is 32.7 Å². The third-order valence-corrected chi connectivity index (χ3v) is 3.54. The number of hydrogen-bond donors (Lipinski definition) is 2. The number of nitrogens with two attached hydrogens (primary N) is 1. The molecule has 0 amide bonds. The van der Waals surface area contributed by atoms with Gasteiger partial charge < -0.3 is 0 Å². The van der Waals surface area contributed by atoms with Crippen LogP contribution in [0.1, 0.15) is 36.2 Å². The first-order valence-corrected chi connectivity index (χ1v) is 5.73. The van der Waals surface area contributed by atoms with E-state index in [2.05, 4.69) is 37.3 Å². The molecule has 78 valence electrons. The lowest BCUT2D eigenvalue weighted by Crippen LogP contribution is -2.28. The molecule has 1 heterocycles. The zero-order valence-corrected chi connectivity index (χ0v) is 9.66. The maximum Gasteiger partial charge on any atom is 0.0592 e. The molecule has 0 spiro atoms. The summed E-state index contributed by atoms with van der Waals surface area (Å²) in [5, 5.41) is 2.10. The maximum atomic E-state index is 5.55. The van der Waals surface area contributed by atoms with Crippen molar-refractivity contribution >= 4 is 11.3 Å². The van der Waals surface area contributed by atoms with E-state index in [1.165, 1.54) is 16.0 Å². The van der Waals surface area contributed by atoms with Crippen LogP contribution in [0, 0.1) is 6.92 Å². The van der Waals surface area contributed by atoms with Crippen molar-refractivity contribution in [3.05, 3.63) is 34.0 Å². The van der Waals surface area contributed by atoms with Crippen molar-refractivity contribution in [2.75, 3.05) is 0 Å². The first kappa shape index (κ1) is 11.4. The molecule has 0 bridgehead atoms. The van der Waals surface area contributed by atoms with Gasteiger partial charge in [-0.1, -0.05) is 19.1 Å². The lowest BCUT2D eigenvalue weighted by Gasteiger charge is -2.16. The smallest absolute Gasteiger partial charge is 0.0592 e. The monoisotopic (exact) mass is 210 g/mol. The Kier molecular flexibility index (Phi) is 4.32. The zero-order chi connectivity index (χ0) is 10.6. The summed E-state index contributed by atoms with van der Waals surface area (Å²) < 4.78 is 0. The molecule has 1 atom stereocenters. The molecule has 0 saturated carbocycles. The minimum absolute atomic E-state index is 0.224. The maximum absolute atomic E-state index is 5.55. The summed E-state index contributed by atoms with van der Waals surface area (Å²) in [5.41, 5.74) is 5.40. The van der Waals surface area contributed by atoms with Gasteiger partial charge in [0.15, 0.2) is 0 Å². The van der Waals surface area contributed by atoms with Crippen molar-refractivity contribution in [2.24, 2.45) is 5.84 Å². The van der Waals surface area contributed by atoms with Crippen LogP contribution in [0.3, 0.4) is 0 Å². The molecule has 0 fully saturated rings. The summed E-state index contributed by atoms with van der Waals surface area (Å²) in [5.74, 6) is 5.55. The first-order chi connectivity index (χ1) is 6.69. The summed E-state index contributed by atoms with van der Waals surface area (Å²) in [4.78, 5) is 1.32. The van der Waals surface area contributed by atoms with E-state index < -0.39 is 0 Å². The van der Waals surface area contributed by atoms with Gasteiger partial charge in [0, 0.05) is 4.88 Å². The molecule has 1 aromatic rings. The third kappa shape index (κ3) is 2.67. The van der Waals surface area contributed by atoms with Crippen molar-refractivity contribution in [3.63, 3.8) is 0 Å². The fourth-order valence-electron chi connectivity index (χ4n) is 1.40.